The standard InChI is InChI=1S/C22H20N2/c1-13-14(2)21-15(3)18(10-11-20(21)24-16(13)4)19-9-5-7-17-8-6-12-23-22(17)19/h5-12H,1-4H3. The first-order chi connectivity index (χ1) is 11.6. The minimum absolute atomic E-state index is 1.05. The molecule has 2 heteroatoms. The fourth-order valence-corrected chi connectivity index (χ4v) is 3.60. The molecule has 2 aromatic heterocycles. The number of nitrogens with zero attached hydrogens (tertiary/aromatic N) is 2. The molecular weight excluding hydrogens is 292 g/mol. The van der Waals surface area contributed by atoms with E-state index in [4.69, 9.17) is 4.98 Å². The van der Waals surface area contributed by atoms with E-state index in [1.165, 1.54) is 38.6 Å². The van der Waals surface area contributed by atoms with Gasteiger partial charge in [0.2, 0.25) is 0 Å². The third kappa shape index (κ3) is 2.10. The van der Waals surface area contributed by atoms with E-state index in [0.717, 1.165) is 16.7 Å². The second-order valence-corrected chi connectivity index (χ2v) is 6.46. The van der Waals surface area contributed by atoms with Gasteiger partial charge in [-0.1, -0.05) is 30.3 Å². The van der Waals surface area contributed by atoms with Crippen LogP contribution in [0.15, 0.2) is 48.7 Å². The van der Waals surface area contributed by atoms with Gasteiger partial charge in [-0.2, -0.15) is 0 Å². The Morgan fingerprint density at radius 2 is 1.50 bits per heavy atom. The van der Waals surface area contributed by atoms with Gasteiger partial charge in [0, 0.05) is 28.2 Å². The zero-order valence-electron chi connectivity index (χ0n) is 14.5. The highest BCUT2D eigenvalue weighted by atomic mass is 14.7. The van der Waals surface area contributed by atoms with Crippen LogP contribution in [0.4, 0.5) is 0 Å². The van der Waals surface area contributed by atoms with Crippen molar-refractivity contribution in [2.45, 2.75) is 27.7 Å². The number of pyridine rings is 2. The summed E-state index contributed by atoms with van der Waals surface area (Å²) in [5.41, 5.74) is 9.54. The lowest BCUT2D eigenvalue weighted by atomic mass is 9.92. The number of benzene rings is 2. The predicted octanol–water partition coefficient (Wildman–Crippen LogP) is 5.68. The van der Waals surface area contributed by atoms with E-state index in [1.54, 1.807) is 0 Å². The van der Waals surface area contributed by atoms with E-state index in [9.17, 15) is 0 Å². The summed E-state index contributed by atoms with van der Waals surface area (Å²) < 4.78 is 0. The van der Waals surface area contributed by atoms with Gasteiger partial charge in [-0.25, -0.2) is 0 Å². The molecule has 0 N–H and O–H groups in total. The van der Waals surface area contributed by atoms with Gasteiger partial charge in [-0.15, -0.1) is 0 Å². The molecule has 0 aliphatic heterocycles. The first-order valence-corrected chi connectivity index (χ1v) is 8.29. The normalized spacial score (nSPS) is 11.3. The molecule has 0 bridgehead atoms. The number of fused-ring (bicyclic) bond motifs is 2. The Labute approximate surface area is 142 Å². The van der Waals surface area contributed by atoms with Crippen LogP contribution in [0.3, 0.4) is 0 Å². The van der Waals surface area contributed by atoms with Crippen molar-refractivity contribution >= 4 is 21.8 Å². The molecule has 0 aliphatic carbocycles. The summed E-state index contributed by atoms with van der Waals surface area (Å²) in [5.74, 6) is 0. The van der Waals surface area contributed by atoms with E-state index in [2.05, 4.69) is 69.1 Å². The third-order valence-electron chi connectivity index (χ3n) is 5.13. The number of hydrogen-bond acceptors (Lipinski definition) is 2. The average molecular weight is 312 g/mol. The molecule has 0 saturated carbocycles. The van der Waals surface area contributed by atoms with Crippen molar-refractivity contribution in [1.29, 1.82) is 0 Å². The largest absolute Gasteiger partial charge is 0.256 e. The number of hydrogen-bond donors (Lipinski definition) is 0. The maximum Gasteiger partial charge on any atom is 0.0780 e. The highest BCUT2D eigenvalue weighted by molar-refractivity contribution is 5.99. The summed E-state index contributed by atoms with van der Waals surface area (Å²) in [6, 6.07) is 14.8. The van der Waals surface area contributed by atoms with Gasteiger partial charge in [-0.3, -0.25) is 9.97 Å². The summed E-state index contributed by atoms with van der Waals surface area (Å²) in [7, 11) is 0. The number of aromatic nitrogens is 2. The van der Waals surface area contributed by atoms with E-state index in [1.807, 2.05) is 12.3 Å². The van der Waals surface area contributed by atoms with Gasteiger partial charge in [0.15, 0.2) is 0 Å². The Kier molecular flexibility index (Phi) is 3.34. The molecule has 0 saturated heterocycles. The fraction of sp³-hybridized carbons (Fsp3) is 0.182. The monoisotopic (exact) mass is 312 g/mol. The topological polar surface area (TPSA) is 25.8 Å². The molecule has 24 heavy (non-hydrogen) atoms. The van der Waals surface area contributed by atoms with Crippen LogP contribution < -0.4 is 0 Å². The fourth-order valence-electron chi connectivity index (χ4n) is 3.60. The van der Waals surface area contributed by atoms with Gasteiger partial charge >= 0.3 is 0 Å². The lowest BCUT2D eigenvalue weighted by molar-refractivity contribution is 1.16. The molecule has 118 valence electrons. The quantitative estimate of drug-likeness (QED) is 0.451. The van der Waals surface area contributed by atoms with Crippen LogP contribution in [-0.2, 0) is 0 Å². The maximum atomic E-state index is 4.78. The van der Waals surface area contributed by atoms with Crippen LogP contribution in [0.1, 0.15) is 22.4 Å². The Morgan fingerprint density at radius 1 is 0.708 bits per heavy atom. The van der Waals surface area contributed by atoms with Gasteiger partial charge in [0.05, 0.1) is 11.0 Å². The number of aryl methyl sites for hydroxylation is 3. The molecule has 0 amide bonds. The van der Waals surface area contributed by atoms with Crippen LogP contribution in [-0.4, -0.2) is 9.97 Å². The van der Waals surface area contributed by atoms with Crippen LogP contribution >= 0.6 is 0 Å². The summed E-state index contributed by atoms with van der Waals surface area (Å²) in [5, 5.41) is 2.44. The lowest BCUT2D eigenvalue weighted by Gasteiger charge is -2.15. The maximum absolute atomic E-state index is 4.78. The van der Waals surface area contributed by atoms with Crippen molar-refractivity contribution in [2.75, 3.05) is 0 Å². The minimum atomic E-state index is 1.05. The molecule has 0 fully saturated rings. The molecule has 2 heterocycles. The summed E-state index contributed by atoms with van der Waals surface area (Å²) in [6.07, 6.45) is 1.86. The molecule has 2 nitrogen and oxygen atoms in total. The summed E-state index contributed by atoms with van der Waals surface area (Å²) in [6.45, 7) is 8.63. The van der Waals surface area contributed by atoms with Crippen LogP contribution in [0.25, 0.3) is 32.9 Å². The Hall–Kier alpha value is -2.74. The highest BCUT2D eigenvalue weighted by Crippen LogP contribution is 2.35. The minimum Gasteiger partial charge on any atom is -0.256 e. The second kappa shape index (κ2) is 5.41. The van der Waals surface area contributed by atoms with Crippen molar-refractivity contribution in [3.8, 4) is 11.1 Å². The number of para-hydroxylation sites is 1. The van der Waals surface area contributed by atoms with Crippen LogP contribution in [0, 0.1) is 27.7 Å². The zero-order valence-corrected chi connectivity index (χ0v) is 14.5. The molecule has 0 radical (unpaired) electrons. The molecule has 0 unspecified atom stereocenters. The molecule has 2 aromatic carbocycles. The van der Waals surface area contributed by atoms with Gasteiger partial charge in [0.1, 0.15) is 0 Å². The number of rotatable bonds is 1. The highest BCUT2D eigenvalue weighted by Gasteiger charge is 2.13. The van der Waals surface area contributed by atoms with Crippen molar-refractivity contribution in [2.24, 2.45) is 0 Å². The molecule has 4 aromatic rings. The first-order valence-electron chi connectivity index (χ1n) is 8.29. The Balaban J connectivity index is 2.09. The molecule has 4 rings (SSSR count). The first kappa shape index (κ1) is 14.8. The second-order valence-electron chi connectivity index (χ2n) is 6.46. The predicted molar refractivity (Wildman–Crippen MR) is 101 cm³/mol. The van der Waals surface area contributed by atoms with Gasteiger partial charge in [-0.05, 0) is 62.1 Å². The summed E-state index contributed by atoms with van der Waals surface area (Å²) >= 11 is 0. The average Bonchev–Trinajstić information content (AvgIpc) is 2.59. The van der Waals surface area contributed by atoms with Gasteiger partial charge < -0.3 is 0 Å². The van der Waals surface area contributed by atoms with E-state index in [0.29, 0.717) is 0 Å². The van der Waals surface area contributed by atoms with Crippen molar-refractivity contribution in [1.82, 2.24) is 9.97 Å². The smallest absolute Gasteiger partial charge is 0.0780 e. The van der Waals surface area contributed by atoms with Crippen molar-refractivity contribution in [3.63, 3.8) is 0 Å². The van der Waals surface area contributed by atoms with E-state index < -0.39 is 0 Å². The molecular formula is C22H20N2. The SMILES string of the molecule is Cc1nc2ccc(-c3cccc4cccnc34)c(C)c2c(C)c1C. The van der Waals surface area contributed by atoms with E-state index in [-0.39, 0.29) is 0 Å². The third-order valence-corrected chi connectivity index (χ3v) is 5.13. The van der Waals surface area contributed by atoms with Crippen molar-refractivity contribution < 1.29 is 0 Å². The lowest BCUT2D eigenvalue weighted by Crippen LogP contribution is -1.97. The van der Waals surface area contributed by atoms with Crippen LogP contribution in [0.5, 0.6) is 0 Å². The molecule has 0 atom stereocenters. The van der Waals surface area contributed by atoms with Crippen LogP contribution in [0.2, 0.25) is 0 Å². The van der Waals surface area contributed by atoms with E-state index >= 15 is 0 Å². The molecule has 0 spiro atoms. The zero-order chi connectivity index (χ0) is 16.8. The molecule has 0 aliphatic rings. The summed E-state index contributed by atoms with van der Waals surface area (Å²) in [4.78, 5) is 9.40. The Morgan fingerprint density at radius 3 is 2.33 bits per heavy atom. The van der Waals surface area contributed by atoms with Crippen molar-refractivity contribution in [3.05, 3.63) is 71.0 Å². The van der Waals surface area contributed by atoms with Gasteiger partial charge in [0.25, 0.3) is 0 Å². The Bertz CT molecular complexity index is 1090.